The Balaban J connectivity index is 2.09. The number of primary amides is 1. The number of rotatable bonds is 7. The van der Waals surface area contributed by atoms with Crippen molar-refractivity contribution in [1.82, 2.24) is 19.6 Å². The van der Waals surface area contributed by atoms with Gasteiger partial charge in [-0.05, 0) is 52.5 Å². The van der Waals surface area contributed by atoms with Gasteiger partial charge in [-0.2, -0.15) is 13.2 Å². The van der Waals surface area contributed by atoms with E-state index in [1.165, 1.54) is 14.1 Å². The highest BCUT2D eigenvalue weighted by Crippen LogP contribution is 2.35. The number of hydrogen-bond acceptors (Lipinski definition) is 5. The lowest BCUT2D eigenvalue weighted by Gasteiger charge is -2.30. The fourth-order valence-corrected chi connectivity index (χ4v) is 4.88. The van der Waals surface area contributed by atoms with E-state index >= 15 is 0 Å². The molecule has 2 aromatic heterocycles. The summed E-state index contributed by atoms with van der Waals surface area (Å²) in [7, 11) is 0. The molecule has 0 unspecified atom stereocenters. The van der Waals surface area contributed by atoms with Gasteiger partial charge in [0, 0.05) is 29.4 Å². The maximum atomic E-state index is 13.2. The van der Waals surface area contributed by atoms with Crippen LogP contribution in [0.2, 0.25) is 0 Å². The molecule has 0 atom stereocenters. The van der Waals surface area contributed by atoms with Gasteiger partial charge in [-0.15, -0.1) is 11.3 Å². The highest BCUT2D eigenvalue weighted by molar-refractivity contribution is 7.18. The molecule has 3 rings (SSSR count). The topological polar surface area (TPSA) is 102 Å². The minimum atomic E-state index is -4.33. The molecule has 178 valence electrons. The lowest BCUT2D eigenvalue weighted by molar-refractivity contribution is -0.135. The number of alkyl halides is 3. The molecule has 0 spiro atoms. The van der Waals surface area contributed by atoms with E-state index in [9.17, 15) is 27.6 Å². The van der Waals surface area contributed by atoms with Crippen LogP contribution in [-0.2, 0) is 13.1 Å². The number of halogens is 3. The Kier molecular flexibility index (Phi) is 6.49. The van der Waals surface area contributed by atoms with Gasteiger partial charge in [0.15, 0.2) is 0 Å². The number of hydrogen-bond donors (Lipinski definition) is 2. The molecule has 1 aliphatic carbocycles. The zero-order valence-electron chi connectivity index (χ0n) is 18.5. The Morgan fingerprint density at radius 1 is 1.25 bits per heavy atom. The van der Waals surface area contributed by atoms with Gasteiger partial charge in [-0.3, -0.25) is 18.9 Å². The molecule has 12 heteroatoms. The van der Waals surface area contributed by atoms with Gasteiger partial charge in [0.25, 0.3) is 5.56 Å². The molecule has 2 aromatic rings. The third-order valence-electron chi connectivity index (χ3n) is 5.13. The minimum Gasteiger partial charge on any atom is -0.350 e. The number of nitrogens with zero attached hydrogens (tertiary/aromatic N) is 3. The van der Waals surface area contributed by atoms with E-state index in [2.05, 4.69) is 5.43 Å². The summed E-state index contributed by atoms with van der Waals surface area (Å²) in [5, 5.41) is 1.53. The monoisotopic (exact) mass is 475 g/mol. The zero-order valence-corrected chi connectivity index (χ0v) is 19.3. The van der Waals surface area contributed by atoms with Crippen LogP contribution in [0.4, 0.5) is 18.0 Å². The first-order valence-corrected chi connectivity index (χ1v) is 11.2. The Labute approximate surface area is 186 Å². The van der Waals surface area contributed by atoms with E-state index in [-0.39, 0.29) is 25.6 Å². The van der Waals surface area contributed by atoms with Gasteiger partial charge in [0.1, 0.15) is 4.83 Å². The maximum absolute atomic E-state index is 13.2. The van der Waals surface area contributed by atoms with Crippen LogP contribution in [-0.4, -0.2) is 31.9 Å². The first kappa shape index (κ1) is 24.3. The van der Waals surface area contributed by atoms with Crippen LogP contribution in [0.15, 0.2) is 9.59 Å². The summed E-state index contributed by atoms with van der Waals surface area (Å²) in [5.41, 5.74) is 7.61. The van der Waals surface area contributed by atoms with E-state index in [1.807, 2.05) is 20.8 Å². The van der Waals surface area contributed by atoms with Crippen LogP contribution in [0.3, 0.4) is 0 Å². The second kappa shape index (κ2) is 8.54. The minimum absolute atomic E-state index is 0.0530. The lowest BCUT2D eigenvalue weighted by atomic mass is 10.1. The van der Waals surface area contributed by atoms with E-state index in [0.717, 1.165) is 11.3 Å². The van der Waals surface area contributed by atoms with E-state index < -0.39 is 35.4 Å². The standard InChI is InChI=1S/C20H28F3N5O3S/c1-11-13(10-27(17(24)30)25-19(2,3)4)32-16-14(11)15(29)28(12-6-7-12)18(31)26(16)9-5-8-20(21,22)23/h12,25H,5-10H2,1-4H3,(H2,24,30). The van der Waals surface area contributed by atoms with Crippen molar-refractivity contribution < 1.29 is 18.0 Å². The van der Waals surface area contributed by atoms with Crippen molar-refractivity contribution >= 4 is 27.6 Å². The SMILES string of the molecule is Cc1c(CN(NC(C)(C)C)C(N)=O)sc2c1c(=O)n(C1CC1)c(=O)n2CCCC(F)(F)F. The summed E-state index contributed by atoms with van der Waals surface area (Å²) >= 11 is 1.13. The molecule has 1 saturated carbocycles. The molecule has 2 heterocycles. The Bertz CT molecular complexity index is 1140. The smallest absolute Gasteiger partial charge is 0.350 e. The van der Waals surface area contributed by atoms with Crippen molar-refractivity contribution in [2.75, 3.05) is 0 Å². The number of urea groups is 1. The molecule has 1 fully saturated rings. The van der Waals surface area contributed by atoms with Crippen molar-refractivity contribution in [2.24, 2.45) is 5.73 Å². The van der Waals surface area contributed by atoms with Gasteiger partial charge in [-0.25, -0.2) is 15.0 Å². The van der Waals surface area contributed by atoms with Gasteiger partial charge >= 0.3 is 17.9 Å². The molecule has 8 nitrogen and oxygen atoms in total. The van der Waals surface area contributed by atoms with Crippen LogP contribution < -0.4 is 22.4 Å². The zero-order chi connectivity index (χ0) is 24.0. The number of aryl methyl sites for hydroxylation is 2. The summed E-state index contributed by atoms with van der Waals surface area (Å²) in [6.45, 7) is 7.18. The highest BCUT2D eigenvalue weighted by atomic mass is 32.1. The van der Waals surface area contributed by atoms with Gasteiger partial charge in [-0.1, -0.05) is 0 Å². The van der Waals surface area contributed by atoms with Crippen molar-refractivity contribution in [3.8, 4) is 0 Å². The summed E-state index contributed by atoms with van der Waals surface area (Å²) in [5.74, 6) is 0. The van der Waals surface area contributed by atoms with E-state index in [4.69, 9.17) is 5.73 Å². The number of fused-ring (bicyclic) bond motifs is 1. The van der Waals surface area contributed by atoms with Gasteiger partial charge in [0.05, 0.1) is 11.9 Å². The molecule has 0 bridgehead atoms. The fourth-order valence-electron chi connectivity index (χ4n) is 3.57. The number of carbonyl (C=O) groups is 1. The van der Waals surface area contributed by atoms with Crippen molar-refractivity contribution in [2.45, 2.75) is 84.2 Å². The molecule has 1 aliphatic rings. The number of hydrazine groups is 1. The van der Waals surface area contributed by atoms with Crippen LogP contribution in [0.5, 0.6) is 0 Å². The predicted molar refractivity (Wildman–Crippen MR) is 117 cm³/mol. The molecular weight excluding hydrogens is 447 g/mol. The lowest BCUT2D eigenvalue weighted by Crippen LogP contribution is -2.53. The highest BCUT2D eigenvalue weighted by Gasteiger charge is 2.32. The van der Waals surface area contributed by atoms with Crippen molar-refractivity contribution in [1.29, 1.82) is 0 Å². The number of aromatic nitrogens is 2. The second-order valence-corrected chi connectivity index (χ2v) is 10.3. The molecule has 0 saturated heterocycles. The third-order valence-corrected chi connectivity index (χ3v) is 6.43. The van der Waals surface area contributed by atoms with Crippen LogP contribution in [0, 0.1) is 6.92 Å². The summed E-state index contributed by atoms with van der Waals surface area (Å²) in [4.78, 5) is 39.1. The predicted octanol–water partition coefficient (Wildman–Crippen LogP) is 3.39. The number of nitrogens with one attached hydrogen (secondary N) is 1. The molecule has 0 aromatic carbocycles. The Morgan fingerprint density at radius 2 is 1.88 bits per heavy atom. The molecule has 3 N–H and O–H groups in total. The molecule has 32 heavy (non-hydrogen) atoms. The van der Waals surface area contributed by atoms with Crippen molar-refractivity contribution in [3.05, 3.63) is 31.3 Å². The van der Waals surface area contributed by atoms with E-state index in [0.29, 0.717) is 33.5 Å². The third kappa shape index (κ3) is 5.34. The first-order chi connectivity index (χ1) is 14.7. The van der Waals surface area contributed by atoms with Crippen molar-refractivity contribution in [3.63, 3.8) is 0 Å². The summed E-state index contributed by atoms with van der Waals surface area (Å²) < 4.78 is 40.5. The van der Waals surface area contributed by atoms with E-state index in [1.54, 1.807) is 6.92 Å². The van der Waals surface area contributed by atoms with Crippen LogP contribution in [0.1, 0.15) is 62.9 Å². The number of amides is 2. The average molecular weight is 476 g/mol. The Hall–Kier alpha value is -2.34. The van der Waals surface area contributed by atoms with Crippen LogP contribution >= 0.6 is 11.3 Å². The number of carbonyl (C=O) groups excluding carboxylic acids is 1. The molecule has 2 amide bonds. The van der Waals surface area contributed by atoms with Gasteiger partial charge in [0.2, 0.25) is 0 Å². The Morgan fingerprint density at radius 3 is 2.38 bits per heavy atom. The van der Waals surface area contributed by atoms with Crippen LogP contribution in [0.25, 0.3) is 10.2 Å². The fraction of sp³-hybridized carbons (Fsp3) is 0.650. The normalized spacial score (nSPS) is 14.8. The quantitative estimate of drug-likeness (QED) is 0.599. The first-order valence-electron chi connectivity index (χ1n) is 10.4. The maximum Gasteiger partial charge on any atom is 0.389 e. The molecular formula is C20H28F3N5O3S. The van der Waals surface area contributed by atoms with Gasteiger partial charge < -0.3 is 5.73 Å². The summed E-state index contributed by atoms with van der Waals surface area (Å²) in [6, 6.07) is -0.935. The second-order valence-electron chi connectivity index (χ2n) is 9.18. The average Bonchev–Trinajstić information content (AvgIpc) is 3.40. The number of thiophene rings is 1. The molecule has 0 radical (unpaired) electrons. The summed E-state index contributed by atoms with van der Waals surface area (Å²) in [6.07, 6.45) is -4.25. The molecule has 0 aliphatic heterocycles. The number of nitrogens with two attached hydrogens (primary N) is 1. The largest absolute Gasteiger partial charge is 0.389 e.